The molecule has 0 aliphatic carbocycles. The van der Waals surface area contributed by atoms with Crippen molar-refractivity contribution in [3.63, 3.8) is 0 Å². The number of aryl methyl sites for hydroxylation is 1. The van der Waals surface area contributed by atoms with Crippen molar-refractivity contribution in [1.29, 1.82) is 0 Å². The predicted molar refractivity (Wildman–Crippen MR) is 137 cm³/mol. The average molecular weight is 477 g/mol. The van der Waals surface area contributed by atoms with E-state index < -0.39 is 6.04 Å². The van der Waals surface area contributed by atoms with Crippen LogP contribution in [0.2, 0.25) is 0 Å². The lowest BCUT2D eigenvalue weighted by molar-refractivity contribution is -0.124. The van der Waals surface area contributed by atoms with Crippen molar-refractivity contribution >= 4 is 27.7 Å². The Bertz CT molecular complexity index is 1410. The van der Waals surface area contributed by atoms with E-state index in [4.69, 9.17) is 9.47 Å². The van der Waals surface area contributed by atoms with Gasteiger partial charge in [0.1, 0.15) is 11.6 Å². The Morgan fingerprint density at radius 2 is 1.77 bits per heavy atom. The van der Waals surface area contributed by atoms with Crippen LogP contribution >= 0.6 is 0 Å². The minimum absolute atomic E-state index is 0.120. The van der Waals surface area contributed by atoms with Crippen LogP contribution in [0.3, 0.4) is 0 Å². The third-order valence-corrected chi connectivity index (χ3v) is 6.13. The fourth-order valence-corrected chi connectivity index (χ4v) is 4.50. The van der Waals surface area contributed by atoms with Crippen LogP contribution in [-0.2, 0) is 18.3 Å². The van der Waals surface area contributed by atoms with E-state index in [9.17, 15) is 9.59 Å². The van der Waals surface area contributed by atoms with Crippen LogP contribution < -0.4 is 20.3 Å². The van der Waals surface area contributed by atoms with Gasteiger partial charge in [-0.3, -0.25) is 9.59 Å². The molecule has 0 bridgehead atoms. The molecule has 4 aromatic rings. The normalized spacial score (nSPS) is 12.1. The number of nitrogens with one attached hydrogen (secondary N) is 1. The number of amides is 1. The SMILES string of the molecule is CCOc1ccc(CCNC(=O)[C@H](CC)n2c3ccccc3c3cnn(C)c(=O)c32)cc1OCC. The molecular weight excluding hydrogens is 444 g/mol. The van der Waals surface area contributed by atoms with Gasteiger partial charge in [0.2, 0.25) is 5.91 Å². The number of benzene rings is 2. The van der Waals surface area contributed by atoms with E-state index in [1.807, 2.05) is 67.8 Å². The van der Waals surface area contributed by atoms with Crippen molar-refractivity contribution in [3.05, 3.63) is 64.6 Å². The Morgan fingerprint density at radius 1 is 1.03 bits per heavy atom. The Hall–Kier alpha value is -3.81. The number of rotatable bonds is 10. The molecular formula is C27H32N4O4. The molecule has 0 saturated heterocycles. The minimum Gasteiger partial charge on any atom is -0.490 e. The van der Waals surface area contributed by atoms with E-state index in [0.29, 0.717) is 43.9 Å². The van der Waals surface area contributed by atoms with Gasteiger partial charge in [-0.2, -0.15) is 5.10 Å². The van der Waals surface area contributed by atoms with Crippen LogP contribution in [0, 0.1) is 0 Å². The number of aromatic nitrogens is 3. The van der Waals surface area contributed by atoms with Gasteiger partial charge in [0.15, 0.2) is 11.5 Å². The molecule has 2 aromatic heterocycles. The number of nitrogens with zero attached hydrogens (tertiary/aromatic N) is 3. The molecule has 184 valence electrons. The van der Waals surface area contributed by atoms with Gasteiger partial charge >= 0.3 is 0 Å². The van der Waals surface area contributed by atoms with Gasteiger partial charge in [-0.05, 0) is 50.5 Å². The van der Waals surface area contributed by atoms with Crippen LogP contribution in [0.1, 0.15) is 38.8 Å². The molecule has 0 spiro atoms. The smallest absolute Gasteiger partial charge is 0.291 e. The van der Waals surface area contributed by atoms with Crippen LogP contribution in [0.4, 0.5) is 0 Å². The van der Waals surface area contributed by atoms with Crippen LogP contribution in [-0.4, -0.2) is 40.0 Å². The van der Waals surface area contributed by atoms with Crippen molar-refractivity contribution < 1.29 is 14.3 Å². The van der Waals surface area contributed by atoms with Gasteiger partial charge in [0.25, 0.3) is 5.56 Å². The second-order valence-electron chi connectivity index (χ2n) is 8.33. The summed E-state index contributed by atoms with van der Waals surface area (Å²) in [6.07, 6.45) is 2.89. The maximum absolute atomic E-state index is 13.4. The standard InChI is InChI=1S/C27H32N4O4/c1-5-21(26(32)28-15-14-18-12-13-23(34-6-2)24(16-18)35-7-3)31-22-11-9-8-10-19(22)20-17-29-30(4)27(33)25(20)31/h8-13,16-17,21H,5-7,14-15H2,1-4H3,(H,28,32)/t21-/m0/s1. The van der Waals surface area contributed by atoms with E-state index in [2.05, 4.69) is 10.4 Å². The first kappa shape index (κ1) is 24.3. The monoisotopic (exact) mass is 476 g/mol. The molecule has 0 aliphatic rings. The quantitative estimate of drug-likeness (QED) is 0.374. The summed E-state index contributed by atoms with van der Waals surface area (Å²) in [4.78, 5) is 26.4. The molecule has 1 amide bonds. The fourth-order valence-electron chi connectivity index (χ4n) is 4.50. The summed E-state index contributed by atoms with van der Waals surface area (Å²) in [5.41, 5.74) is 2.17. The molecule has 0 saturated carbocycles. The highest BCUT2D eigenvalue weighted by atomic mass is 16.5. The van der Waals surface area contributed by atoms with Gasteiger partial charge in [0, 0.05) is 24.4 Å². The van der Waals surface area contributed by atoms with Gasteiger partial charge in [0.05, 0.1) is 24.9 Å². The average Bonchev–Trinajstić information content (AvgIpc) is 3.19. The first-order chi connectivity index (χ1) is 17.0. The van der Waals surface area contributed by atoms with Crippen molar-refractivity contribution in [2.45, 2.75) is 39.7 Å². The molecule has 0 radical (unpaired) electrons. The van der Waals surface area contributed by atoms with E-state index in [-0.39, 0.29) is 11.5 Å². The highest BCUT2D eigenvalue weighted by Gasteiger charge is 2.25. The number of para-hydroxylation sites is 1. The fraction of sp³-hybridized carbons (Fsp3) is 0.370. The second-order valence-corrected chi connectivity index (χ2v) is 8.33. The van der Waals surface area contributed by atoms with Gasteiger partial charge in [-0.1, -0.05) is 31.2 Å². The summed E-state index contributed by atoms with van der Waals surface area (Å²) in [5.74, 6) is 1.31. The first-order valence-corrected chi connectivity index (χ1v) is 12.1. The molecule has 35 heavy (non-hydrogen) atoms. The Balaban J connectivity index is 1.58. The topological polar surface area (TPSA) is 87.4 Å². The predicted octanol–water partition coefficient (Wildman–Crippen LogP) is 4.00. The molecule has 0 unspecified atom stereocenters. The molecule has 4 rings (SSSR count). The van der Waals surface area contributed by atoms with Crippen LogP contribution in [0.15, 0.2) is 53.5 Å². The van der Waals surface area contributed by atoms with Crippen LogP contribution in [0.5, 0.6) is 11.5 Å². The molecule has 0 aliphatic heterocycles. The highest BCUT2D eigenvalue weighted by molar-refractivity contribution is 6.08. The largest absolute Gasteiger partial charge is 0.490 e. The highest BCUT2D eigenvalue weighted by Crippen LogP contribution is 2.31. The molecule has 0 fully saturated rings. The molecule has 2 aromatic carbocycles. The minimum atomic E-state index is -0.521. The van der Waals surface area contributed by atoms with E-state index in [1.165, 1.54) is 4.68 Å². The Labute approximate surface area is 204 Å². The van der Waals surface area contributed by atoms with Crippen molar-refractivity contribution in [3.8, 4) is 11.5 Å². The lowest BCUT2D eigenvalue weighted by Crippen LogP contribution is -2.34. The second kappa shape index (κ2) is 10.6. The van der Waals surface area contributed by atoms with Gasteiger partial charge in [-0.15, -0.1) is 0 Å². The zero-order valence-corrected chi connectivity index (χ0v) is 20.7. The summed E-state index contributed by atoms with van der Waals surface area (Å²) in [6, 6.07) is 13.1. The third kappa shape index (κ3) is 4.73. The summed E-state index contributed by atoms with van der Waals surface area (Å²) in [6.45, 7) is 7.41. The summed E-state index contributed by atoms with van der Waals surface area (Å²) >= 11 is 0. The van der Waals surface area contributed by atoms with E-state index in [1.54, 1.807) is 13.2 Å². The number of ether oxygens (including phenoxy) is 2. The zero-order chi connectivity index (χ0) is 24.9. The van der Waals surface area contributed by atoms with Crippen molar-refractivity contribution in [2.24, 2.45) is 7.05 Å². The lowest BCUT2D eigenvalue weighted by Gasteiger charge is -2.19. The van der Waals surface area contributed by atoms with Crippen molar-refractivity contribution in [1.82, 2.24) is 19.7 Å². The van der Waals surface area contributed by atoms with Crippen molar-refractivity contribution in [2.75, 3.05) is 19.8 Å². The molecule has 1 N–H and O–H groups in total. The Kier molecular flexibility index (Phi) is 7.39. The van der Waals surface area contributed by atoms with Gasteiger partial charge < -0.3 is 19.4 Å². The first-order valence-electron chi connectivity index (χ1n) is 12.1. The third-order valence-electron chi connectivity index (χ3n) is 6.13. The maximum Gasteiger partial charge on any atom is 0.291 e. The number of hydrogen-bond acceptors (Lipinski definition) is 5. The summed E-state index contributed by atoms with van der Waals surface area (Å²) < 4.78 is 14.5. The number of hydrogen-bond donors (Lipinski definition) is 1. The van der Waals surface area contributed by atoms with E-state index in [0.717, 1.165) is 27.6 Å². The summed E-state index contributed by atoms with van der Waals surface area (Å²) in [5, 5.41) is 8.93. The molecule has 8 heteroatoms. The molecule has 2 heterocycles. The Morgan fingerprint density at radius 3 is 2.51 bits per heavy atom. The summed E-state index contributed by atoms with van der Waals surface area (Å²) in [7, 11) is 1.62. The van der Waals surface area contributed by atoms with E-state index >= 15 is 0 Å². The molecule has 8 nitrogen and oxygen atoms in total. The maximum atomic E-state index is 13.4. The molecule has 1 atom stereocenters. The number of carbonyl (C=O) groups is 1. The number of fused-ring (bicyclic) bond motifs is 3. The zero-order valence-electron chi connectivity index (χ0n) is 20.7. The van der Waals surface area contributed by atoms with Crippen LogP contribution in [0.25, 0.3) is 21.8 Å². The lowest BCUT2D eigenvalue weighted by atomic mass is 10.1. The van der Waals surface area contributed by atoms with Gasteiger partial charge in [-0.25, -0.2) is 4.68 Å². The number of carbonyl (C=O) groups excluding carboxylic acids is 1.